The summed E-state index contributed by atoms with van der Waals surface area (Å²) in [5.41, 5.74) is 10.3. The fourth-order valence-corrected chi connectivity index (χ4v) is 0.943. The fourth-order valence-electron chi connectivity index (χ4n) is 0.943. The summed E-state index contributed by atoms with van der Waals surface area (Å²) in [6.45, 7) is 5.57. The van der Waals surface area contributed by atoms with Crippen LogP contribution in [-0.4, -0.2) is 51.3 Å². The Balaban J connectivity index is 0.000000226. The first-order valence-corrected chi connectivity index (χ1v) is 4.97. The number of hydrogen-bond donors (Lipinski definition) is 2. The van der Waals surface area contributed by atoms with Gasteiger partial charge in [-0.1, -0.05) is 0 Å². The first-order chi connectivity index (χ1) is 6.31. The highest BCUT2D eigenvalue weighted by atomic mass is 16.5. The number of ether oxygens (including phenoxy) is 1. The quantitative estimate of drug-likeness (QED) is 0.595. The zero-order chi connectivity index (χ0) is 9.94. The van der Waals surface area contributed by atoms with Crippen LogP contribution in [0.5, 0.6) is 0 Å². The molecule has 0 amide bonds. The molecule has 1 aliphatic rings. The van der Waals surface area contributed by atoms with Gasteiger partial charge in [0.15, 0.2) is 0 Å². The van der Waals surface area contributed by atoms with Crippen LogP contribution in [0, 0.1) is 0 Å². The molecular formula is C9H23N3O. The molecule has 0 aliphatic carbocycles. The zero-order valence-corrected chi connectivity index (χ0v) is 8.67. The second-order valence-corrected chi connectivity index (χ2v) is 3.20. The molecule has 13 heavy (non-hydrogen) atoms. The summed E-state index contributed by atoms with van der Waals surface area (Å²) in [5, 5.41) is 0. The second-order valence-electron chi connectivity index (χ2n) is 3.20. The van der Waals surface area contributed by atoms with E-state index in [1.807, 2.05) is 0 Å². The van der Waals surface area contributed by atoms with Gasteiger partial charge in [-0.05, 0) is 33.0 Å². The van der Waals surface area contributed by atoms with Crippen LogP contribution in [0.2, 0.25) is 0 Å². The fraction of sp³-hybridized carbons (Fsp3) is 1.00. The maximum absolute atomic E-state index is 5.16. The Labute approximate surface area is 81.2 Å². The molecule has 4 heteroatoms. The zero-order valence-electron chi connectivity index (χ0n) is 8.67. The van der Waals surface area contributed by atoms with Gasteiger partial charge in [0.05, 0.1) is 13.2 Å². The lowest BCUT2D eigenvalue weighted by atomic mass is 10.3. The Morgan fingerprint density at radius 2 is 1.54 bits per heavy atom. The van der Waals surface area contributed by atoms with Crippen molar-refractivity contribution in [3.8, 4) is 0 Å². The molecule has 1 heterocycles. The third kappa shape index (κ3) is 9.76. The van der Waals surface area contributed by atoms with Crippen LogP contribution in [-0.2, 0) is 4.74 Å². The molecule has 0 spiro atoms. The van der Waals surface area contributed by atoms with Crippen molar-refractivity contribution in [2.75, 3.05) is 46.4 Å². The number of unbranched alkanes of at least 4 members (excludes halogenated alkanes) is 1. The van der Waals surface area contributed by atoms with E-state index in [1.165, 1.54) is 0 Å². The highest BCUT2D eigenvalue weighted by Crippen LogP contribution is 1.89. The van der Waals surface area contributed by atoms with Crippen molar-refractivity contribution in [3.05, 3.63) is 0 Å². The van der Waals surface area contributed by atoms with Gasteiger partial charge in [-0.25, -0.2) is 0 Å². The van der Waals surface area contributed by atoms with Gasteiger partial charge in [-0.2, -0.15) is 0 Å². The summed E-state index contributed by atoms with van der Waals surface area (Å²) < 4.78 is 5.10. The second kappa shape index (κ2) is 9.92. The Kier molecular flexibility index (Phi) is 9.80. The molecule has 1 aliphatic heterocycles. The Bertz CT molecular complexity index is 90.9. The molecule has 1 fully saturated rings. The van der Waals surface area contributed by atoms with Crippen molar-refractivity contribution in [2.24, 2.45) is 11.5 Å². The Hall–Kier alpha value is -0.160. The molecular weight excluding hydrogens is 166 g/mol. The number of likely N-dealkylation sites (N-methyl/N-ethyl adjacent to an activating group) is 1. The average Bonchev–Trinajstić information content (AvgIpc) is 2.17. The lowest BCUT2D eigenvalue weighted by Gasteiger charge is -2.21. The van der Waals surface area contributed by atoms with E-state index in [0.29, 0.717) is 0 Å². The summed E-state index contributed by atoms with van der Waals surface area (Å²) in [6, 6.07) is 0. The molecule has 4 N–H and O–H groups in total. The number of rotatable bonds is 3. The van der Waals surface area contributed by atoms with Crippen molar-refractivity contribution < 1.29 is 4.74 Å². The van der Waals surface area contributed by atoms with E-state index in [2.05, 4.69) is 11.9 Å². The normalized spacial score (nSPS) is 17.8. The molecule has 4 nitrogen and oxygen atoms in total. The molecule has 1 rings (SSSR count). The lowest BCUT2D eigenvalue weighted by Crippen LogP contribution is -2.32. The molecule has 0 radical (unpaired) electrons. The van der Waals surface area contributed by atoms with E-state index in [1.54, 1.807) is 0 Å². The molecule has 1 saturated heterocycles. The predicted octanol–water partition coefficient (Wildman–Crippen LogP) is -0.368. The smallest absolute Gasteiger partial charge is 0.0594 e. The van der Waals surface area contributed by atoms with Crippen molar-refractivity contribution in [1.82, 2.24) is 4.90 Å². The third-order valence-corrected chi connectivity index (χ3v) is 1.89. The maximum atomic E-state index is 5.16. The van der Waals surface area contributed by atoms with E-state index in [0.717, 1.165) is 52.2 Å². The minimum atomic E-state index is 0.775. The third-order valence-electron chi connectivity index (χ3n) is 1.89. The summed E-state index contributed by atoms with van der Waals surface area (Å²) >= 11 is 0. The lowest BCUT2D eigenvalue weighted by molar-refractivity contribution is 0.0503. The van der Waals surface area contributed by atoms with Gasteiger partial charge in [-0.15, -0.1) is 0 Å². The summed E-state index contributed by atoms with van der Waals surface area (Å²) in [4.78, 5) is 2.27. The summed E-state index contributed by atoms with van der Waals surface area (Å²) in [7, 11) is 2.11. The standard InChI is InChI=1S/C5H11NO.C4H12N2/c1-6-2-4-7-5-3-6;5-3-1-2-4-6/h2-5H2,1H3;1-6H2. The molecule has 0 unspecified atom stereocenters. The van der Waals surface area contributed by atoms with Crippen LogP contribution in [0.3, 0.4) is 0 Å². The molecule has 0 aromatic rings. The van der Waals surface area contributed by atoms with Crippen molar-refractivity contribution in [3.63, 3.8) is 0 Å². The molecule has 80 valence electrons. The van der Waals surface area contributed by atoms with Crippen molar-refractivity contribution in [2.45, 2.75) is 12.8 Å². The molecule has 0 aromatic carbocycles. The largest absolute Gasteiger partial charge is 0.379 e. The number of morpholine rings is 1. The van der Waals surface area contributed by atoms with Gasteiger partial charge < -0.3 is 21.1 Å². The van der Waals surface area contributed by atoms with E-state index < -0.39 is 0 Å². The SMILES string of the molecule is CN1CCOCC1.NCCCCN. The van der Waals surface area contributed by atoms with Crippen LogP contribution in [0.25, 0.3) is 0 Å². The number of nitrogens with two attached hydrogens (primary N) is 2. The first-order valence-electron chi connectivity index (χ1n) is 4.97. The highest BCUT2D eigenvalue weighted by molar-refractivity contribution is 4.53. The molecule has 0 atom stereocenters. The highest BCUT2D eigenvalue weighted by Gasteiger charge is 2.02. The topological polar surface area (TPSA) is 64.5 Å². The van der Waals surface area contributed by atoms with Crippen LogP contribution in [0.15, 0.2) is 0 Å². The predicted molar refractivity (Wildman–Crippen MR) is 55.7 cm³/mol. The van der Waals surface area contributed by atoms with E-state index in [-0.39, 0.29) is 0 Å². The summed E-state index contributed by atoms with van der Waals surface area (Å²) in [6.07, 6.45) is 2.13. The molecule has 0 saturated carbocycles. The monoisotopic (exact) mass is 189 g/mol. The van der Waals surface area contributed by atoms with Crippen LogP contribution >= 0.6 is 0 Å². The van der Waals surface area contributed by atoms with Gasteiger partial charge in [-0.3, -0.25) is 0 Å². The number of nitrogens with zero attached hydrogens (tertiary/aromatic N) is 1. The van der Waals surface area contributed by atoms with Gasteiger partial charge >= 0.3 is 0 Å². The van der Waals surface area contributed by atoms with E-state index in [9.17, 15) is 0 Å². The minimum absolute atomic E-state index is 0.775. The van der Waals surface area contributed by atoms with Gasteiger partial charge in [0, 0.05) is 13.1 Å². The van der Waals surface area contributed by atoms with Gasteiger partial charge in [0.2, 0.25) is 0 Å². The van der Waals surface area contributed by atoms with Crippen molar-refractivity contribution in [1.29, 1.82) is 0 Å². The van der Waals surface area contributed by atoms with Crippen LogP contribution in [0.1, 0.15) is 12.8 Å². The number of hydrogen-bond acceptors (Lipinski definition) is 4. The Morgan fingerprint density at radius 1 is 1.08 bits per heavy atom. The van der Waals surface area contributed by atoms with Crippen LogP contribution in [0.4, 0.5) is 0 Å². The Morgan fingerprint density at radius 3 is 1.77 bits per heavy atom. The minimum Gasteiger partial charge on any atom is -0.379 e. The maximum Gasteiger partial charge on any atom is 0.0594 e. The average molecular weight is 189 g/mol. The molecule has 0 aromatic heterocycles. The van der Waals surface area contributed by atoms with E-state index in [4.69, 9.17) is 16.2 Å². The van der Waals surface area contributed by atoms with Crippen LogP contribution < -0.4 is 11.5 Å². The van der Waals surface area contributed by atoms with E-state index >= 15 is 0 Å². The van der Waals surface area contributed by atoms with Gasteiger partial charge in [0.1, 0.15) is 0 Å². The first kappa shape index (κ1) is 12.8. The summed E-state index contributed by atoms with van der Waals surface area (Å²) in [5.74, 6) is 0. The molecule has 0 bridgehead atoms. The van der Waals surface area contributed by atoms with Crippen molar-refractivity contribution >= 4 is 0 Å². The van der Waals surface area contributed by atoms with Gasteiger partial charge in [0.25, 0.3) is 0 Å².